The lowest BCUT2D eigenvalue weighted by Gasteiger charge is -2.48. The number of carbonyl (C=O) groups is 1. The summed E-state index contributed by atoms with van der Waals surface area (Å²) in [4.78, 5) is 13.2. The van der Waals surface area contributed by atoms with Crippen LogP contribution in [0.15, 0.2) is 36.9 Å². The van der Waals surface area contributed by atoms with Gasteiger partial charge in [0.15, 0.2) is 14.1 Å². The number of rotatable bonds is 8. The highest BCUT2D eigenvalue weighted by Gasteiger charge is 2.53. The van der Waals surface area contributed by atoms with Gasteiger partial charge in [-0.2, -0.15) is 0 Å². The highest BCUT2D eigenvalue weighted by molar-refractivity contribution is 6.74. The number of Topliss-reactive ketones (excluding diaryl/α,β-unsaturated/α-hetero) is 1. The van der Waals surface area contributed by atoms with Crippen molar-refractivity contribution in [2.45, 2.75) is 71.1 Å². The van der Waals surface area contributed by atoms with Crippen molar-refractivity contribution in [2.75, 3.05) is 13.7 Å². The Bertz CT molecular complexity index is 737. The largest absolute Gasteiger partial charge is 0.497 e. The van der Waals surface area contributed by atoms with Gasteiger partial charge < -0.3 is 19.0 Å². The summed E-state index contributed by atoms with van der Waals surface area (Å²) in [7, 11) is -0.521. The zero-order chi connectivity index (χ0) is 22.7. The number of aliphatic hydroxyl groups excluding tert-OH is 1. The molecule has 1 N–H and O–H groups in total. The van der Waals surface area contributed by atoms with Crippen molar-refractivity contribution >= 4 is 14.1 Å². The number of methoxy groups -OCH3 is 1. The van der Waals surface area contributed by atoms with Crippen LogP contribution in [-0.2, 0) is 20.6 Å². The number of hydrogen-bond acceptors (Lipinski definition) is 5. The minimum absolute atomic E-state index is 0.0133. The molecule has 30 heavy (non-hydrogen) atoms. The van der Waals surface area contributed by atoms with Crippen LogP contribution >= 0.6 is 0 Å². The fourth-order valence-corrected chi connectivity index (χ4v) is 4.96. The average molecular weight is 435 g/mol. The lowest BCUT2D eigenvalue weighted by molar-refractivity contribution is -0.156. The molecule has 0 unspecified atom stereocenters. The number of hydrogen-bond donors (Lipinski definition) is 1. The molecule has 168 valence electrons. The Labute approximate surface area is 182 Å². The zero-order valence-corrected chi connectivity index (χ0v) is 20.5. The fourth-order valence-electron chi connectivity index (χ4n) is 3.68. The second kappa shape index (κ2) is 9.35. The Morgan fingerprint density at radius 3 is 2.33 bits per heavy atom. The summed E-state index contributed by atoms with van der Waals surface area (Å²) in [5.41, 5.74) is 0.354. The summed E-state index contributed by atoms with van der Waals surface area (Å²) in [5.74, 6) is 0.148. The Morgan fingerprint density at radius 2 is 1.87 bits per heavy atom. The molecule has 1 aliphatic rings. The Hall–Kier alpha value is -1.47. The van der Waals surface area contributed by atoms with Gasteiger partial charge in [-0.15, -0.1) is 6.58 Å². The van der Waals surface area contributed by atoms with E-state index in [4.69, 9.17) is 13.9 Å². The summed E-state index contributed by atoms with van der Waals surface area (Å²) in [6.45, 7) is 16.8. The zero-order valence-electron chi connectivity index (χ0n) is 19.5. The Kier molecular flexibility index (Phi) is 7.72. The van der Waals surface area contributed by atoms with Crippen LogP contribution in [0.2, 0.25) is 18.1 Å². The first-order valence-electron chi connectivity index (χ1n) is 10.6. The molecule has 6 heteroatoms. The minimum Gasteiger partial charge on any atom is -0.497 e. The predicted molar refractivity (Wildman–Crippen MR) is 122 cm³/mol. The third kappa shape index (κ3) is 5.05. The van der Waals surface area contributed by atoms with Crippen molar-refractivity contribution < 1.29 is 23.8 Å². The molecule has 1 aromatic rings. The molecule has 0 bridgehead atoms. The van der Waals surface area contributed by atoms with Crippen molar-refractivity contribution in [3.63, 3.8) is 0 Å². The van der Waals surface area contributed by atoms with Gasteiger partial charge in [-0.05, 0) is 35.8 Å². The Balaban J connectivity index is 2.25. The van der Waals surface area contributed by atoms with Crippen LogP contribution in [0.1, 0.15) is 39.7 Å². The highest BCUT2D eigenvalue weighted by atomic mass is 28.4. The molecule has 0 heterocycles. The summed E-state index contributed by atoms with van der Waals surface area (Å²) in [6.07, 6.45) is 1.35. The monoisotopic (exact) mass is 434 g/mol. The van der Waals surface area contributed by atoms with Crippen molar-refractivity contribution in [3.05, 3.63) is 42.5 Å². The van der Waals surface area contributed by atoms with Gasteiger partial charge in [-0.1, -0.05) is 45.9 Å². The van der Waals surface area contributed by atoms with Gasteiger partial charge in [0.1, 0.15) is 11.9 Å². The SMILES string of the molecule is C=C[C@]1(C)[C@@H](OCc2ccc(OC)cc2)C[C@H](O[Si](C)(C)C(C)(C)C)C(=O)[C@H]1CO. The van der Waals surface area contributed by atoms with Crippen LogP contribution in [0, 0.1) is 11.3 Å². The van der Waals surface area contributed by atoms with Gasteiger partial charge in [0.05, 0.1) is 32.3 Å². The summed E-state index contributed by atoms with van der Waals surface area (Å²) >= 11 is 0. The number of benzene rings is 1. The van der Waals surface area contributed by atoms with E-state index in [1.165, 1.54) is 0 Å². The average Bonchev–Trinajstić information content (AvgIpc) is 2.69. The molecule has 5 nitrogen and oxygen atoms in total. The van der Waals surface area contributed by atoms with E-state index in [-0.39, 0.29) is 23.5 Å². The van der Waals surface area contributed by atoms with Crippen LogP contribution in [0.3, 0.4) is 0 Å². The molecule has 0 radical (unpaired) electrons. The van der Waals surface area contributed by atoms with E-state index in [1.807, 2.05) is 31.2 Å². The summed E-state index contributed by atoms with van der Waals surface area (Å²) in [6, 6.07) is 7.72. The topological polar surface area (TPSA) is 65.0 Å². The normalized spacial score (nSPS) is 27.7. The minimum atomic E-state index is -2.16. The third-order valence-electron chi connectivity index (χ3n) is 7.01. The molecule has 1 saturated carbocycles. The molecule has 1 fully saturated rings. The van der Waals surface area contributed by atoms with Crippen LogP contribution < -0.4 is 4.74 Å². The maximum Gasteiger partial charge on any atom is 0.193 e. The molecule has 1 aliphatic carbocycles. The smallest absolute Gasteiger partial charge is 0.193 e. The molecule has 0 spiro atoms. The molecular weight excluding hydrogens is 396 g/mol. The van der Waals surface area contributed by atoms with E-state index in [2.05, 4.69) is 40.4 Å². The number of carbonyl (C=O) groups excluding carboxylic acids is 1. The lowest BCUT2D eigenvalue weighted by Crippen LogP contribution is -2.58. The van der Waals surface area contributed by atoms with E-state index in [0.717, 1.165) is 11.3 Å². The molecule has 2 rings (SSSR count). The maximum atomic E-state index is 13.2. The molecule has 0 amide bonds. The molecule has 0 saturated heterocycles. The van der Waals surface area contributed by atoms with Crippen LogP contribution in [0.25, 0.3) is 0 Å². The van der Waals surface area contributed by atoms with E-state index < -0.39 is 25.8 Å². The second-order valence-electron chi connectivity index (χ2n) is 9.96. The third-order valence-corrected chi connectivity index (χ3v) is 11.5. The number of aliphatic hydroxyl groups is 1. The van der Waals surface area contributed by atoms with Gasteiger partial charge in [0.25, 0.3) is 0 Å². The van der Waals surface area contributed by atoms with E-state index in [0.29, 0.717) is 13.0 Å². The standard InChI is InChI=1S/C24H38O5Si/c1-9-24(5)19(15-25)22(26)20(29-30(7,8)23(2,3)4)14-21(24)28-16-17-10-12-18(27-6)13-11-17/h9-13,19-21,25H,1,14-16H2,2-8H3/t19-,20+,21+,24+/m1/s1. The van der Waals surface area contributed by atoms with Crippen molar-refractivity contribution in [1.82, 2.24) is 0 Å². The Morgan fingerprint density at radius 1 is 1.27 bits per heavy atom. The van der Waals surface area contributed by atoms with Gasteiger partial charge in [0, 0.05) is 11.8 Å². The van der Waals surface area contributed by atoms with Gasteiger partial charge >= 0.3 is 0 Å². The quantitative estimate of drug-likeness (QED) is 0.473. The van der Waals surface area contributed by atoms with Gasteiger partial charge in [0.2, 0.25) is 0 Å². The van der Waals surface area contributed by atoms with E-state index in [1.54, 1.807) is 13.2 Å². The van der Waals surface area contributed by atoms with Crippen molar-refractivity contribution in [3.8, 4) is 5.75 Å². The second-order valence-corrected chi connectivity index (χ2v) is 14.7. The number of ether oxygens (including phenoxy) is 2. The highest BCUT2D eigenvalue weighted by Crippen LogP contribution is 2.45. The van der Waals surface area contributed by atoms with Crippen LogP contribution in [0.5, 0.6) is 5.75 Å². The molecule has 0 aromatic heterocycles. The summed E-state index contributed by atoms with van der Waals surface area (Å²) < 4.78 is 18.0. The first-order valence-corrected chi connectivity index (χ1v) is 13.5. The van der Waals surface area contributed by atoms with Crippen molar-refractivity contribution in [2.24, 2.45) is 11.3 Å². The lowest BCUT2D eigenvalue weighted by atomic mass is 9.64. The van der Waals surface area contributed by atoms with E-state index in [9.17, 15) is 9.90 Å². The molecular formula is C24H38O5Si. The summed E-state index contributed by atoms with van der Waals surface area (Å²) in [5, 5.41) is 10.1. The van der Waals surface area contributed by atoms with Crippen molar-refractivity contribution in [1.29, 1.82) is 0 Å². The van der Waals surface area contributed by atoms with Gasteiger partial charge in [-0.3, -0.25) is 4.79 Å². The molecule has 1 aromatic carbocycles. The fraction of sp³-hybridized carbons (Fsp3) is 0.625. The maximum absolute atomic E-state index is 13.2. The number of ketones is 1. The first kappa shape index (κ1) is 24.8. The molecule has 4 atom stereocenters. The van der Waals surface area contributed by atoms with Crippen LogP contribution in [0.4, 0.5) is 0 Å². The van der Waals surface area contributed by atoms with Crippen LogP contribution in [-0.4, -0.2) is 45.1 Å². The first-order chi connectivity index (χ1) is 13.9. The molecule has 0 aliphatic heterocycles. The van der Waals surface area contributed by atoms with Gasteiger partial charge in [-0.25, -0.2) is 0 Å². The van der Waals surface area contributed by atoms with E-state index >= 15 is 0 Å². The predicted octanol–water partition coefficient (Wildman–Crippen LogP) is 4.74.